The van der Waals surface area contributed by atoms with Crippen molar-refractivity contribution >= 4 is 11.9 Å². The molecule has 0 unspecified atom stereocenters. The van der Waals surface area contributed by atoms with Crippen molar-refractivity contribution in [3.63, 3.8) is 0 Å². The van der Waals surface area contributed by atoms with Crippen molar-refractivity contribution in [3.8, 4) is 0 Å². The van der Waals surface area contributed by atoms with Gasteiger partial charge in [0.2, 0.25) is 0 Å². The molecule has 0 saturated carbocycles. The fourth-order valence-corrected chi connectivity index (χ4v) is 2.21. The van der Waals surface area contributed by atoms with Gasteiger partial charge in [0.05, 0.1) is 7.11 Å². The number of hydrogen-bond donors (Lipinski definition) is 1. The maximum atomic E-state index is 10.7. The predicted octanol–water partition coefficient (Wildman–Crippen LogP) is 5.73. The zero-order valence-corrected chi connectivity index (χ0v) is 15.6. The van der Waals surface area contributed by atoms with Crippen LogP contribution in [0.1, 0.15) is 104 Å². The average Bonchev–Trinajstić information content (AvgIpc) is 2.54. The minimum Gasteiger partial charge on any atom is -0.481 e. The van der Waals surface area contributed by atoms with Gasteiger partial charge in [-0.3, -0.25) is 9.59 Å². The van der Waals surface area contributed by atoms with Gasteiger partial charge in [0.1, 0.15) is 0 Å². The lowest BCUT2D eigenvalue weighted by molar-refractivity contribution is -0.141. The summed E-state index contributed by atoms with van der Waals surface area (Å²) in [5, 5.41) is 8.32. The van der Waals surface area contributed by atoms with E-state index in [4.69, 9.17) is 5.11 Å². The van der Waals surface area contributed by atoms with Gasteiger partial charge in [0.25, 0.3) is 0 Å². The van der Waals surface area contributed by atoms with Crippen molar-refractivity contribution in [1.29, 1.82) is 0 Å². The molecule has 0 rings (SSSR count). The highest BCUT2D eigenvalue weighted by atomic mass is 16.5. The number of carboxylic acids is 1. The summed E-state index contributed by atoms with van der Waals surface area (Å²) in [6.45, 7) is 4.38. The second kappa shape index (κ2) is 20.9. The minimum absolute atomic E-state index is 0.0782. The van der Waals surface area contributed by atoms with Crippen LogP contribution in [-0.2, 0) is 14.3 Å². The van der Waals surface area contributed by atoms with Crippen LogP contribution in [0.2, 0.25) is 0 Å². The molecule has 0 heterocycles. The zero-order valence-electron chi connectivity index (χ0n) is 15.6. The molecule has 138 valence electrons. The molecule has 0 atom stereocenters. The third-order valence-corrected chi connectivity index (χ3v) is 3.71. The van der Waals surface area contributed by atoms with Gasteiger partial charge in [-0.25, -0.2) is 0 Å². The number of rotatable bonds is 14. The van der Waals surface area contributed by atoms with Crippen molar-refractivity contribution in [1.82, 2.24) is 0 Å². The maximum Gasteiger partial charge on any atom is 0.305 e. The molecular weight excluding hydrogens is 292 g/mol. The van der Waals surface area contributed by atoms with Crippen molar-refractivity contribution in [3.05, 3.63) is 0 Å². The summed E-state index contributed by atoms with van der Waals surface area (Å²) in [7, 11) is 1.44. The highest BCUT2D eigenvalue weighted by molar-refractivity contribution is 5.68. The van der Waals surface area contributed by atoms with E-state index < -0.39 is 5.97 Å². The third kappa shape index (κ3) is 26.2. The fourth-order valence-electron chi connectivity index (χ4n) is 2.21. The first-order valence-electron chi connectivity index (χ1n) is 9.37. The van der Waals surface area contributed by atoms with Crippen molar-refractivity contribution in [2.75, 3.05) is 7.11 Å². The van der Waals surface area contributed by atoms with Gasteiger partial charge < -0.3 is 9.84 Å². The molecule has 0 aliphatic rings. The molecule has 0 amide bonds. The lowest BCUT2D eigenvalue weighted by Gasteiger charge is -1.99. The molecule has 0 aliphatic heterocycles. The number of methoxy groups -OCH3 is 1. The summed E-state index contributed by atoms with van der Waals surface area (Å²) in [6.07, 6.45) is 15.1. The third-order valence-electron chi connectivity index (χ3n) is 3.71. The Hall–Kier alpha value is -1.06. The molecule has 0 aliphatic carbocycles. The van der Waals surface area contributed by atoms with Crippen LogP contribution in [0.3, 0.4) is 0 Å². The van der Waals surface area contributed by atoms with E-state index in [2.05, 4.69) is 18.6 Å². The monoisotopic (exact) mass is 330 g/mol. The van der Waals surface area contributed by atoms with Crippen LogP contribution in [0, 0.1) is 0 Å². The zero-order chi connectivity index (χ0) is 17.8. The number of esters is 1. The maximum absolute atomic E-state index is 10.7. The summed E-state index contributed by atoms with van der Waals surface area (Å²) in [5.74, 6) is -0.744. The van der Waals surface area contributed by atoms with Crippen LogP contribution in [0.4, 0.5) is 0 Å². The molecule has 0 aromatic rings. The summed E-state index contributed by atoms with van der Waals surface area (Å²) in [5.41, 5.74) is 0. The standard InChI is InChI=1S/C10H20O2.C9H18O2/c1-3-4-5-6-7-8-9-10(11)12-2;1-2-3-4-5-6-7-8-9(10)11/h3-9H2,1-2H3;2-8H2,1H3,(H,10,11). The molecule has 0 saturated heterocycles. The molecule has 23 heavy (non-hydrogen) atoms. The van der Waals surface area contributed by atoms with Gasteiger partial charge in [0, 0.05) is 12.8 Å². The molecular formula is C19H38O4. The van der Waals surface area contributed by atoms with Gasteiger partial charge in [-0.05, 0) is 12.8 Å². The second-order valence-corrected chi connectivity index (χ2v) is 6.01. The number of carbonyl (C=O) groups is 2. The van der Waals surface area contributed by atoms with Crippen LogP contribution in [-0.4, -0.2) is 24.2 Å². The summed E-state index contributed by atoms with van der Waals surface area (Å²) >= 11 is 0. The highest BCUT2D eigenvalue weighted by Crippen LogP contribution is 2.07. The van der Waals surface area contributed by atoms with E-state index in [1.54, 1.807) is 0 Å². The highest BCUT2D eigenvalue weighted by Gasteiger charge is 1.98. The lowest BCUT2D eigenvalue weighted by Crippen LogP contribution is -1.98. The molecule has 4 heteroatoms. The topological polar surface area (TPSA) is 63.6 Å². The largest absolute Gasteiger partial charge is 0.481 e. The number of aliphatic carboxylic acids is 1. The molecule has 1 N–H and O–H groups in total. The number of unbranched alkanes of at least 4 members (excludes halogenated alkanes) is 10. The van der Waals surface area contributed by atoms with E-state index >= 15 is 0 Å². The Morgan fingerprint density at radius 2 is 1.09 bits per heavy atom. The average molecular weight is 331 g/mol. The Morgan fingerprint density at radius 1 is 0.696 bits per heavy atom. The Bertz CT molecular complexity index is 264. The molecule has 0 bridgehead atoms. The Kier molecular flexibility index (Phi) is 22.0. The van der Waals surface area contributed by atoms with Crippen molar-refractivity contribution in [2.24, 2.45) is 0 Å². The first-order valence-corrected chi connectivity index (χ1v) is 9.37. The van der Waals surface area contributed by atoms with E-state index in [1.165, 1.54) is 58.5 Å². The molecule has 0 spiro atoms. The summed E-state index contributed by atoms with van der Waals surface area (Å²) in [4.78, 5) is 20.8. The Balaban J connectivity index is 0. The summed E-state index contributed by atoms with van der Waals surface area (Å²) < 4.78 is 4.54. The fraction of sp³-hybridized carbons (Fsp3) is 0.895. The van der Waals surface area contributed by atoms with Gasteiger partial charge in [0.15, 0.2) is 0 Å². The van der Waals surface area contributed by atoms with Gasteiger partial charge in [-0.1, -0.05) is 78.1 Å². The quantitative estimate of drug-likeness (QED) is 0.326. The van der Waals surface area contributed by atoms with E-state index in [0.717, 1.165) is 25.7 Å². The predicted molar refractivity (Wildman–Crippen MR) is 95.6 cm³/mol. The van der Waals surface area contributed by atoms with Crippen LogP contribution in [0.15, 0.2) is 0 Å². The first-order chi connectivity index (χ1) is 11.1. The molecule has 0 aromatic heterocycles. The Morgan fingerprint density at radius 3 is 1.48 bits per heavy atom. The van der Waals surface area contributed by atoms with E-state index in [0.29, 0.717) is 12.8 Å². The molecule has 0 aromatic carbocycles. The molecule has 4 nitrogen and oxygen atoms in total. The van der Waals surface area contributed by atoms with E-state index in [-0.39, 0.29) is 5.97 Å². The van der Waals surface area contributed by atoms with Crippen molar-refractivity contribution < 1.29 is 19.4 Å². The molecule has 0 radical (unpaired) electrons. The van der Waals surface area contributed by atoms with Crippen LogP contribution < -0.4 is 0 Å². The number of carboxylic acid groups (broad SMARTS) is 1. The van der Waals surface area contributed by atoms with Crippen molar-refractivity contribution in [2.45, 2.75) is 104 Å². The van der Waals surface area contributed by atoms with E-state index in [9.17, 15) is 9.59 Å². The van der Waals surface area contributed by atoms with E-state index in [1.807, 2.05) is 0 Å². The number of carbonyl (C=O) groups excluding carboxylic acids is 1. The second-order valence-electron chi connectivity index (χ2n) is 6.01. The van der Waals surface area contributed by atoms with Crippen LogP contribution in [0.5, 0.6) is 0 Å². The Labute approximate surface area is 143 Å². The molecule has 0 fully saturated rings. The van der Waals surface area contributed by atoms with Crippen LogP contribution >= 0.6 is 0 Å². The minimum atomic E-state index is -0.666. The first kappa shape index (κ1) is 24.2. The lowest BCUT2D eigenvalue weighted by atomic mass is 10.1. The number of ether oxygens (including phenoxy) is 1. The summed E-state index contributed by atoms with van der Waals surface area (Å²) in [6, 6.07) is 0. The van der Waals surface area contributed by atoms with Gasteiger partial charge >= 0.3 is 11.9 Å². The van der Waals surface area contributed by atoms with Gasteiger partial charge in [-0.15, -0.1) is 0 Å². The van der Waals surface area contributed by atoms with Crippen LogP contribution in [0.25, 0.3) is 0 Å². The normalized spacial score (nSPS) is 9.87. The smallest absolute Gasteiger partial charge is 0.305 e. The van der Waals surface area contributed by atoms with Gasteiger partial charge in [-0.2, -0.15) is 0 Å². The number of hydrogen-bond acceptors (Lipinski definition) is 3. The SMILES string of the molecule is CCCCCCCCC(=O)O.CCCCCCCCC(=O)OC.